The third kappa shape index (κ3) is 2.03. The van der Waals surface area contributed by atoms with Gasteiger partial charge in [0.2, 0.25) is 0 Å². The average molecular weight is 304 g/mol. The third-order valence-corrected chi connectivity index (χ3v) is 5.18. The molecule has 5 atom stereocenters. The lowest BCUT2D eigenvalue weighted by Crippen LogP contribution is -2.37. The van der Waals surface area contributed by atoms with E-state index < -0.39 is 23.6 Å². The first kappa shape index (κ1) is 15.0. The largest absolute Gasteiger partial charge is 0.458 e. The first-order chi connectivity index (χ1) is 10.2. The van der Waals surface area contributed by atoms with Gasteiger partial charge in [0.05, 0.1) is 5.60 Å². The van der Waals surface area contributed by atoms with E-state index in [2.05, 4.69) is 19.7 Å². The molecule has 1 saturated heterocycles. The van der Waals surface area contributed by atoms with Gasteiger partial charge in [-0.15, -0.1) is 0 Å². The minimum atomic E-state index is -1.24. The van der Waals surface area contributed by atoms with Gasteiger partial charge in [0.25, 0.3) is 0 Å². The first-order valence-electron chi connectivity index (χ1n) is 7.40. The SMILES string of the molecule is C=C1C(=O)O[C@H]2CC(=C)[C@@H]3C[C@@H](OC(C)=O)C(=C)[C@]3(O)C[C@H]12. The van der Waals surface area contributed by atoms with E-state index in [0.29, 0.717) is 30.4 Å². The molecule has 0 unspecified atom stereocenters. The first-order valence-corrected chi connectivity index (χ1v) is 7.40. The summed E-state index contributed by atoms with van der Waals surface area (Å²) in [4.78, 5) is 23.0. The maximum Gasteiger partial charge on any atom is 0.334 e. The van der Waals surface area contributed by atoms with Gasteiger partial charge >= 0.3 is 11.9 Å². The Morgan fingerprint density at radius 2 is 2.09 bits per heavy atom. The van der Waals surface area contributed by atoms with E-state index in [1.165, 1.54) is 6.92 Å². The van der Waals surface area contributed by atoms with E-state index in [0.717, 1.165) is 5.57 Å². The Balaban J connectivity index is 1.94. The van der Waals surface area contributed by atoms with Gasteiger partial charge in [0.15, 0.2) is 0 Å². The molecule has 5 nitrogen and oxygen atoms in total. The van der Waals surface area contributed by atoms with Crippen LogP contribution in [-0.4, -0.2) is 34.9 Å². The number of ether oxygens (including phenoxy) is 2. The number of carbonyl (C=O) groups is 2. The van der Waals surface area contributed by atoms with Crippen LogP contribution in [-0.2, 0) is 19.1 Å². The second-order valence-corrected chi connectivity index (χ2v) is 6.48. The smallest absolute Gasteiger partial charge is 0.334 e. The number of rotatable bonds is 1. The predicted molar refractivity (Wildman–Crippen MR) is 78.6 cm³/mol. The van der Waals surface area contributed by atoms with Crippen molar-refractivity contribution < 1.29 is 24.2 Å². The molecular formula is C17H20O5. The summed E-state index contributed by atoms with van der Waals surface area (Å²) < 4.78 is 10.6. The molecule has 2 aliphatic carbocycles. The number of hydrogen-bond donors (Lipinski definition) is 1. The van der Waals surface area contributed by atoms with Gasteiger partial charge in [0, 0.05) is 30.8 Å². The van der Waals surface area contributed by atoms with Crippen molar-refractivity contribution in [3.8, 4) is 0 Å². The van der Waals surface area contributed by atoms with E-state index in [9.17, 15) is 14.7 Å². The molecule has 2 saturated carbocycles. The van der Waals surface area contributed by atoms with Crippen LogP contribution in [0.3, 0.4) is 0 Å². The van der Waals surface area contributed by atoms with Crippen molar-refractivity contribution in [3.05, 3.63) is 36.5 Å². The Kier molecular flexibility index (Phi) is 3.29. The van der Waals surface area contributed by atoms with Gasteiger partial charge < -0.3 is 14.6 Å². The van der Waals surface area contributed by atoms with Gasteiger partial charge in [-0.2, -0.15) is 0 Å². The highest BCUT2D eigenvalue weighted by molar-refractivity contribution is 5.91. The molecule has 3 rings (SSSR count). The summed E-state index contributed by atoms with van der Waals surface area (Å²) in [6.07, 6.45) is 0.410. The topological polar surface area (TPSA) is 72.8 Å². The molecule has 0 amide bonds. The van der Waals surface area contributed by atoms with Crippen LogP contribution in [0.15, 0.2) is 36.5 Å². The normalized spacial score (nSPS) is 40.8. The summed E-state index contributed by atoms with van der Waals surface area (Å²) in [6, 6.07) is 0. The van der Waals surface area contributed by atoms with E-state index in [4.69, 9.17) is 9.47 Å². The summed E-state index contributed by atoms with van der Waals surface area (Å²) in [5.41, 5.74) is 0.415. The molecule has 1 N–H and O–H groups in total. The average Bonchev–Trinajstić information content (AvgIpc) is 2.77. The molecule has 3 fully saturated rings. The molecule has 1 aliphatic heterocycles. The number of aliphatic hydroxyl groups is 1. The fourth-order valence-electron chi connectivity index (χ4n) is 4.00. The molecule has 1 heterocycles. The Morgan fingerprint density at radius 1 is 1.41 bits per heavy atom. The lowest BCUT2D eigenvalue weighted by Gasteiger charge is -2.31. The molecule has 118 valence electrons. The van der Waals surface area contributed by atoms with Gasteiger partial charge in [-0.3, -0.25) is 4.79 Å². The summed E-state index contributed by atoms with van der Waals surface area (Å²) in [7, 11) is 0. The molecule has 0 aromatic rings. The number of fused-ring (bicyclic) bond motifs is 2. The van der Waals surface area contributed by atoms with E-state index in [-0.39, 0.29) is 17.9 Å². The maximum absolute atomic E-state index is 11.7. The molecule has 5 heteroatoms. The lowest BCUT2D eigenvalue weighted by molar-refractivity contribution is -0.144. The second kappa shape index (κ2) is 4.81. The summed E-state index contributed by atoms with van der Waals surface area (Å²) >= 11 is 0. The summed E-state index contributed by atoms with van der Waals surface area (Å²) in [6.45, 7) is 13.1. The number of hydrogen-bond acceptors (Lipinski definition) is 5. The van der Waals surface area contributed by atoms with Crippen molar-refractivity contribution in [1.29, 1.82) is 0 Å². The highest BCUT2D eigenvalue weighted by Crippen LogP contribution is 2.54. The minimum absolute atomic E-state index is 0.249. The molecule has 22 heavy (non-hydrogen) atoms. The summed E-state index contributed by atoms with van der Waals surface area (Å²) in [5, 5.41) is 11.2. The Bertz CT molecular complexity index is 604. The Morgan fingerprint density at radius 3 is 2.73 bits per heavy atom. The standard InChI is InChI=1S/C17H20O5/c1-8-5-15-12(9(2)16(19)22-15)7-17(20)10(3)14(6-13(8)17)21-11(4)18/h12-15,20H,1-3,5-7H2,4H3/t12-,13+,14-,15+,17-/m1/s1. The van der Waals surface area contributed by atoms with E-state index in [1.807, 2.05) is 0 Å². The van der Waals surface area contributed by atoms with Crippen molar-refractivity contribution >= 4 is 11.9 Å². The zero-order valence-corrected chi connectivity index (χ0v) is 12.6. The van der Waals surface area contributed by atoms with Crippen LogP contribution >= 0.6 is 0 Å². The quantitative estimate of drug-likeness (QED) is 0.453. The van der Waals surface area contributed by atoms with Crippen LogP contribution < -0.4 is 0 Å². The predicted octanol–water partition coefficient (Wildman–Crippen LogP) is 1.67. The number of carbonyl (C=O) groups excluding carboxylic acids is 2. The van der Waals surface area contributed by atoms with Crippen LogP contribution in [0.5, 0.6) is 0 Å². The van der Waals surface area contributed by atoms with Crippen LogP contribution in [0.1, 0.15) is 26.2 Å². The van der Waals surface area contributed by atoms with Gasteiger partial charge in [-0.1, -0.05) is 25.3 Å². The highest BCUT2D eigenvalue weighted by Gasteiger charge is 2.57. The lowest BCUT2D eigenvalue weighted by atomic mass is 9.79. The maximum atomic E-state index is 11.7. The zero-order chi connectivity index (χ0) is 16.2. The summed E-state index contributed by atoms with van der Waals surface area (Å²) in [5.74, 6) is -1.32. The zero-order valence-electron chi connectivity index (χ0n) is 12.6. The fourth-order valence-corrected chi connectivity index (χ4v) is 4.00. The van der Waals surface area contributed by atoms with Crippen LogP contribution in [0.4, 0.5) is 0 Å². The van der Waals surface area contributed by atoms with Crippen LogP contribution in [0.2, 0.25) is 0 Å². The monoisotopic (exact) mass is 304 g/mol. The minimum Gasteiger partial charge on any atom is -0.458 e. The molecule has 0 spiro atoms. The highest BCUT2D eigenvalue weighted by atomic mass is 16.6. The molecule has 0 aromatic heterocycles. The van der Waals surface area contributed by atoms with Crippen molar-refractivity contribution in [2.24, 2.45) is 11.8 Å². The fraction of sp³-hybridized carbons (Fsp3) is 0.529. The van der Waals surface area contributed by atoms with Gasteiger partial charge in [0.1, 0.15) is 12.2 Å². The molecule has 3 aliphatic rings. The van der Waals surface area contributed by atoms with Crippen molar-refractivity contribution in [2.45, 2.75) is 44.0 Å². The Hall–Kier alpha value is -1.88. The van der Waals surface area contributed by atoms with Crippen LogP contribution in [0, 0.1) is 11.8 Å². The molecule has 0 aromatic carbocycles. The van der Waals surface area contributed by atoms with Crippen molar-refractivity contribution in [3.63, 3.8) is 0 Å². The van der Waals surface area contributed by atoms with Gasteiger partial charge in [-0.05, 0) is 18.4 Å². The molecular weight excluding hydrogens is 284 g/mol. The van der Waals surface area contributed by atoms with E-state index in [1.54, 1.807) is 0 Å². The third-order valence-electron chi connectivity index (χ3n) is 5.18. The van der Waals surface area contributed by atoms with Crippen molar-refractivity contribution in [1.82, 2.24) is 0 Å². The van der Waals surface area contributed by atoms with Gasteiger partial charge in [-0.25, -0.2) is 4.79 Å². The Labute approximate surface area is 129 Å². The molecule has 0 bridgehead atoms. The van der Waals surface area contributed by atoms with Crippen LogP contribution in [0.25, 0.3) is 0 Å². The van der Waals surface area contributed by atoms with Crippen molar-refractivity contribution in [2.75, 3.05) is 0 Å². The second-order valence-electron chi connectivity index (χ2n) is 6.48. The molecule has 0 radical (unpaired) electrons. The number of esters is 2. The van der Waals surface area contributed by atoms with E-state index >= 15 is 0 Å².